The second kappa shape index (κ2) is 10.3. The zero-order valence-electron chi connectivity index (χ0n) is 17.9. The van der Waals surface area contributed by atoms with Gasteiger partial charge in [-0.05, 0) is 49.1 Å². The lowest BCUT2D eigenvalue weighted by atomic mass is 9.99. The minimum absolute atomic E-state index is 0.0687. The van der Waals surface area contributed by atoms with E-state index in [1.54, 1.807) is 7.11 Å². The number of benzene rings is 2. The molecule has 1 heterocycles. The van der Waals surface area contributed by atoms with E-state index in [2.05, 4.69) is 41.5 Å². The number of hydrogen-bond acceptors (Lipinski definition) is 5. The molecule has 0 bridgehead atoms. The summed E-state index contributed by atoms with van der Waals surface area (Å²) < 4.78 is 7.45. The van der Waals surface area contributed by atoms with Crippen molar-refractivity contribution in [1.82, 2.24) is 14.8 Å². The number of carbonyl (C=O) groups excluding carboxylic acids is 1. The second-order valence-corrected chi connectivity index (χ2v) is 7.96. The van der Waals surface area contributed by atoms with Gasteiger partial charge in [-0.3, -0.25) is 4.79 Å². The topological polar surface area (TPSA) is 69.0 Å². The Hall–Kier alpha value is -2.80. The van der Waals surface area contributed by atoms with Crippen molar-refractivity contribution < 1.29 is 9.53 Å². The van der Waals surface area contributed by atoms with Gasteiger partial charge in [0.1, 0.15) is 5.75 Å². The van der Waals surface area contributed by atoms with Gasteiger partial charge in [-0.1, -0.05) is 49.9 Å². The minimum atomic E-state index is -0.0687. The van der Waals surface area contributed by atoms with Crippen LogP contribution in [0.4, 0.5) is 5.69 Å². The van der Waals surface area contributed by atoms with E-state index in [0.717, 1.165) is 29.2 Å². The average Bonchev–Trinajstić information content (AvgIpc) is 3.20. The Labute approximate surface area is 182 Å². The van der Waals surface area contributed by atoms with Crippen LogP contribution >= 0.6 is 11.8 Å². The summed E-state index contributed by atoms with van der Waals surface area (Å²) in [5.41, 5.74) is 2.97. The van der Waals surface area contributed by atoms with Crippen LogP contribution in [0.3, 0.4) is 0 Å². The highest BCUT2D eigenvalue weighted by Crippen LogP contribution is 2.30. The van der Waals surface area contributed by atoms with Gasteiger partial charge in [0.05, 0.1) is 18.4 Å². The maximum absolute atomic E-state index is 12.4. The molecule has 30 heavy (non-hydrogen) atoms. The first-order chi connectivity index (χ1) is 14.6. The van der Waals surface area contributed by atoms with Gasteiger partial charge in [-0.15, -0.1) is 10.2 Å². The number of amides is 1. The summed E-state index contributed by atoms with van der Waals surface area (Å²) in [6.07, 6.45) is 1.09. The normalized spacial score (nSPS) is 11.9. The van der Waals surface area contributed by atoms with Crippen LogP contribution in [-0.2, 0) is 11.3 Å². The van der Waals surface area contributed by atoms with Crippen molar-refractivity contribution in [3.8, 4) is 17.1 Å². The molecular weight excluding hydrogens is 396 g/mol. The lowest BCUT2D eigenvalue weighted by molar-refractivity contribution is -0.113. The van der Waals surface area contributed by atoms with Crippen LogP contribution in [0.25, 0.3) is 11.4 Å². The van der Waals surface area contributed by atoms with Gasteiger partial charge in [0.2, 0.25) is 5.91 Å². The molecule has 3 aromatic rings. The van der Waals surface area contributed by atoms with Gasteiger partial charge < -0.3 is 14.6 Å². The molecule has 6 nitrogen and oxygen atoms in total. The van der Waals surface area contributed by atoms with Gasteiger partial charge in [0.25, 0.3) is 0 Å². The number of aromatic nitrogens is 3. The van der Waals surface area contributed by atoms with Crippen molar-refractivity contribution in [3.63, 3.8) is 0 Å². The number of hydrogen-bond donors (Lipinski definition) is 1. The number of para-hydroxylation sites is 1. The lowest BCUT2D eigenvalue weighted by Crippen LogP contribution is -2.14. The summed E-state index contributed by atoms with van der Waals surface area (Å²) >= 11 is 1.38. The van der Waals surface area contributed by atoms with Crippen molar-refractivity contribution in [1.29, 1.82) is 0 Å². The Balaban J connectivity index is 1.66. The number of ether oxygens (including phenoxy) is 1. The summed E-state index contributed by atoms with van der Waals surface area (Å²) in [5.74, 6) is 2.19. The second-order valence-electron chi connectivity index (χ2n) is 7.02. The molecule has 0 saturated carbocycles. The largest absolute Gasteiger partial charge is 0.496 e. The molecule has 0 saturated heterocycles. The summed E-state index contributed by atoms with van der Waals surface area (Å²) in [4.78, 5) is 12.4. The molecule has 1 amide bonds. The molecular formula is C23H28N4O2S. The van der Waals surface area contributed by atoms with Gasteiger partial charge in [0.15, 0.2) is 11.0 Å². The first-order valence-electron chi connectivity index (χ1n) is 10.2. The first-order valence-corrected chi connectivity index (χ1v) is 11.1. The molecule has 0 aliphatic heterocycles. The maximum Gasteiger partial charge on any atom is 0.234 e. The third-order valence-electron chi connectivity index (χ3n) is 5.09. The van der Waals surface area contributed by atoms with Gasteiger partial charge in [0, 0.05) is 12.2 Å². The van der Waals surface area contributed by atoms with Crippen LogP contribution in [0.1, 0.15) is 38.7 Å². The van der Waals surface area contributed by atoms with Gasteiger partial charge >= 0.3 is 0 Å². The fourth-order valence-corrected chi connectivity index (χ4v) is 3.97. The van der Waals surface area contributed by atoms with Crippen LogP contribution in [-0.4, -0.2) is 33.5 Å². The van der Waals surface area contributed by atoms with E-state index in [9.17, 15) is 4.79 Å². The molecule has 1 aromatic heterocycles. The first kappa shape index (κ1) is 21.9. The van der Waals surface area contributed by atoms with Gasteiger partial charge in [-0.2, -0.15) is 0 Å². The number of rotatable bonds is 9. The van der Waals surface area contributed by atoms with Crippen molar-refractivity contribution in [3.05, 3.63) is 54.1 Å². The summed E-state index contributed by atoms with van der Waals surface area (Å²) in [6.45, 7) is 7.10. The van der Waals surface area contributed by atoms with Crippen molar-refractivity contribution in [2.75, 3.05) is 18.2 Å². The van der Waals surface area contributed by atoms with E-state index in [0.29, 0.717) is 17.6 Å². The standard InChI is InChI=1S/C23H28N4O2S/c1-5-16(3)17-11-13-18(14-12-17)24-21(28)15-30-23-26-25-22(27(23)6-2)19-9-7-8-10-20(19)29-4/h7-14,16H,5-6,15H2,1-4H3,(H,24,28)/t16-/m1/s1. The highest BCUT2D eigenvalue weighted by atomic mass is 32.2. The van der Waals surface area contributed by atoms with E-state index in [-0.39, 0.29) is 11.7 Å². The Kier molecular flexibility index (Phi) is 7.52. The van der Waals surface area contributed by atoms with E-state index in [1.807, 2.05) is 47.9 Å². The SMILES string of the molecule is CC[C@@H](C)c1ccc(NC(=O)CSc2nnc(-c3ccccc3OC)n2CC)cc1. The van der Waals surface area contributed by atoms with E-state index >= 15 is 0 Å². The van der Waals surface area contributed by atoms with Crippen molar-refractivity contribution in [2.24, 2.45) is 0 Å². The van der Waals surface area contributed by atoms with Crippen LogP contribution in [0, 0.1) is 0 Å². The molecule has 0 aliphatic rings. The number of nitrogens with one attached hydrogen (secondary N) is 1. The number of thioether (sulfide) groups is 1. The van der Waals surface area contributed by atoms with Crippen LogP contribution in [0.15, 0.2) is 53.7 Å². The monoisotopic (exact) mass is 424 g/mol. The van der Waals surface area contributed by atoms with Crippen LogP contribution in [0.5, 0.6) is 5.75 Å². The quantitative estimate of drug-likeness (QED) is 0.477. The maximum atomic E-state index is 12.4. The predicted molar refractivity (Wildman–Crippen MR) is 122 cm³/mol. The predicted octanol–water partition coefficient (Wildman–Crippen LogP) is 5.22. The Morgan fingerprint density at radius 3 is 2.53 bits per heavy atom. The zero-order chi connectivity index (χ0) is 21.5. The Morgan fingerprint density at radius 1 is 1.13 bits per heavy atom. The highest BCUT2D eigenvalue weighted by Gasteiger charge is 2.17. The third-order valence-corrected chi connectivity index (χ3v) is 6.06. The molecule has 0 aliphatic carbocycles. The van der Waals surface area contributed by atoms with Crippen molar-refractivity contribution in [2.45, 2.75) is 44.8 Å². The number of methoxy groups -OCH3 is 1. The van der Waals surface area contributed by atoms with Gasteiger partial charge in [-0.25, -0.2) is 0 Å². The minimum Gasteiger partial charge on any atom is -0.496 e. The lowest BCUT2D eigenvalue weighted by Gasteiger charge is -2.11. The molecule has 1 N–H and O–H groups in total. The Morgan fingerprint density at radius 2 is 1.87 bits per heavy atom. The molecule has 0 spiro atoms. The van der Waals surface area contributed by atoms with E-state index in [1.165, 1.54) is 17.3 Å². The molecule has 0 radical (unpaired) electrons. The summed E-state index contributed by atoms with van der Waals surface area (Å²) in [6, 6.07) is 15.8. The fraction of sp³-hybridized carbons (Fsp3) is 0.348. The molecule has 1 atom stereocenters. The zero-order valence-corrected chi connectivity index (χ0v) is 18.7. The van der Waals surface area contributed by atoms with E-state index in [4.69, 9.17) is 4.74 Å². The number of nitrogens with zero attached hydrogens (tertiary/aromatic N) is 3. The molecule has 7 heteroatoms. The number of carbonyl (C=O) groups is 1. The molecule has 3 rings (SSSR count). The van der Waals surface area contributed by atoms with Crippen LogP contribution in [0.2, 0.25) is 0 Å². The smallest absolute Gasteiger partial charge is 0.234 e. The van der Waals surface area contributed by atoms with Crippen molar-refractivity contribution >= 4 is 23.4 Å². The Bertz CT molecular complexity index is 985. The molecule has 2 aromatic carbocycles. The summed E-state index contributed by atoms with van der Waals surface area (Å²) in [7, 11) is 1.64. The molecule has 158 valence electrons. The molecule has 0 unspecified atom stereocenters. The van der Waals surface area contributed by atoms with E-state index < -0.39 is 0 Å². The van der Waals surface area contributed by atoms with Crippen LogP contribution < -0.4 is 10.1 Å². The third kappa shape index (κ3) is 5.02. The average molecular weight is 425 g/mol. The highest BCUT2D eigenvalue weighted by molar-refractivity contribution is 7.99. The summed E-state index contributed by atoms with van der Waals surface area (Å²) in [5, 5.41) is 12.3. The number of anilines is 1. The molecule has 0 fully saturated rings. The fourth-order valence-electron chi connectivity index (χ4n) is 3.17.